The first-order valence-electron chi connectivity index (χ1n) is 5.07. The lowest BCUT2D eigenvalue weighted by atomic mass is 10.3. The molecule has 0 fully saturated rings. The zero-order chi connectivity index (χ0) is 13.1. The zero-order valence-corrected chi connectivity index (χ0v) is 9.84. The van der Waals surface area contributed by atoms with Gasteiger partial charge in [0.2, 0.25) is 0 Å². The molecule has 0 amide bonds. The third kappa shape index (κ3) is 2.10. The van der Waals surface area contributed by atoms with Crippen LogP contribution in [0.1, 0.15) is 0 Å². The van der Waals surface area contributed by atoms with E-state index in [9.17, 15) is 9.59 Å². The third-order valence-corrected chi connectivity index (χ3v) is 2.32. The molecule has 1 aromatic heterocycles. The minimum absolute atomic E-state index is 0.467. The number of aromatic nitrogens is 3. The predicted molar refractivity (Wildman–Crippen MR) is 63.6 cm³/mol. The second-order valence-corrected chi connectivity index (χ2v) is 3.39. The fraction of sp³-hybridized carbons (Fsp3) is 0.182. The van der Waals surface area contributed by atoms with Gasteiger partial charge in [-0.25, -0.2) is 4.79 Å². The molecule has 1 N–H and O–H groups in total. The lowest BCUT2D eigenvalue weighted by molar-refractivity contribution is 0.354. The number of hydrogen-bond donors (Lipinski definition) is 1. The number of H-pyrrole nitrogens is 1. The minimum atomic E-state index is -0.616. The summed E-state index contributed by atoms with van der Waals surface area (Å²) < 4.78 is 11.3. The number of benzene rings is 1. The van der Waals surface area contributed by atoms with E-state index in [0.29, 0.717) is 17.2 Å². The first kappa shape index (κ1) is 11.9. The average Bonchev–Trinajstić information content (AvgIpc) is 2.38. The first-order valence-corrected chi connectivity index (χ1v) is 5.07. The molecule has 0 aliphatic heterocycles. The van der Waals surface area contributed by atoms with E-state index in [-0.39, 0.29) is 0 Å². The van der Waals surface area contributed by atoms with E-state index >= 15 is 0 Å². The number of ether oxygens (including phenoxy) is 2. The second-order valence-electron chi connectivity index (χ2n) is 3.39. The Morgan fingerprint density at radius 2 is 1.89 bits per heavy atom. The van der Waals surface area contributed by atoms with Crippen molar-refractivity contribution in [3.63, 3.8) is 0 Å². The van der Waals surface area contributed by atoms with Crippen molar-refractivity contribution in [1.82, 2.24) is 14.8 Å². The maximum absolute atomic E-state index is 11.6. The first-order chi connectivity index (χ1) is 8.65. The molecule has 0 saturated carbocycles. The summed E-state index contributed by atoms with van der Waals surface area (Å²) in [6, 6.07) is 4.87. The van der Waals surface area contributed by atoms with Crippen molar-refractivity contribution in [2.24, 2.45) is 0 Å². The van der Waals surface area contributed by atoms with Gasteiger partial charge < -0.3 is 9.47 Å². The molecule has 2 aromatic rings. The van der Waals surface area contributed by atoms with Gasteiger partial charge in [-0.2, -0.15) is 9.78 Å². The van der Waals surface area contributed by atoms with Crippen LogP contribution in [0.5, 0.6) is 11.5 Å². The number of hydrogen-bond acceptors (Lipinski definition) is 5. The molecule has 1 heterocycles. The predicted octanol–water partition coefficient (Wildman–Crippen LogP) is -0.0620. The summed E-state index contributed by atoms with van der Waals surface area (Å²) in [6.45, 7) is 0. The van der Waals surface area contributed by atoms with Crippen molar-refractivity contribution in [3.05, 3.63) is 45.2 Å². The van der Waals surface area contributed by atoms with Gasteiger partial charge in [0.15, 0.2) is 11.5 Å². The van der Waals surface area contributed by atoms with Crippen molar-refractivity contribution in [2.45, 2.75) is 0 Å². The summed E-state index contributed by atoms with van der Waals surface area (Å²) in [5.74, 6) is 1.01. The largest absolute Gasteiger partial charge is 0.493 e. The monoisotopic (exact) mass is 249 g/mol. The number of nitrogens with one attached hydrogen (secondary N) is 1. The Hall–Kier alpha value is -2.57. The molecule has 0 bridgehead atoms. The van der Waals surface area contributed by atoms with Crippen molar-refractivity contribution >= 4 is 0 Å². The van der Waals surface area contributed by atoms with Gasteiger partial charge in [0.1, 0.15) is 6.20 Å². The molecule has 7 heteroatoms. The summed E-state index contributed by atoms with van der Waals surface area (Å²) in [7, 11) is 3.01. The van der Waals surface area contributed by atoms with Crippen molar-refractivity contribution in [3.8, 4) is 17.2 Å². The van der Waals surface area contributed by atoms with Crippen LogP contribution in [0.15, 0.2) is 34.0 Å². The van der Waals surface area contributed by atoms with Crippen LogP contribution in [0.25, 0.3) is 5.69 Å². The Bertz CT molecular complexity index is 674. The molecule has 2 rings (SSSR count). The number of nitrogens with zero attached hydrogens (tertiary/aromatic N) is 2. The fourth-order valence-corrected chi connectivity index (χ4v) is 1.49. The molecular formula is C11H11N3O4. The van der Waals surface area contributed by atoms with Gasteiger partial charge in [-0.05, 0) is 12.1 Å². The van der Waals surface area contributed by atoms with Gasteiger partial charge in [-0.3, -0.25) is 9.78 Å². The van der Waals surface area contributed by atoms with E-state index in [4.69, 9.17) is 9.47 Å². The van der Waals surface area contributed by atoms with Gasteiger partial charge in [0.25, 0.3) is 5.56 Å². The molecule has 0 aliphatic rings. The SMILES string of the molecule is COc1ccc(-n2ncc(=O)[nH]c2=O)cc1OC. The van der Waals surface area contributed by atoms with E-state index in [0.717, 1.165) is 10.9 Å². The zero-order valence-electron chi connectivity index (χ0n) is 9.84. The third-order valence-electron chi connectivity index (χ3n) is 2.32. The highest BCUT2D eigenvalue weighted by Crippen LogP contribution is 2.28. The fourth-order valence-electron chi connectivity index (χ4n) is 1.49. The molecule has 7 nitrogen and oxygen atoms in total. The highest BCUT2D eigenvalue weighted by Gasteiger charge is 2.07. The molecule has 0 spiro atoms. The molecule has 0 saturated heterocycles. The normalized spacial score (nSPS) is 10.1. The Morgan fingerprint density at radius 3 is 2.50 bits per heavy atom. The van der Waals surface area contributed by atoms with Crippen LogP contribution in [0.3, 0.4) is 0 Å². The Kier molecular flexibility index (Phi) is 3.13. The molecule has 0 unspecified atom stereocenters. The maximum atomic E-state index is 11.6. The van der Waals surface area contributed by atoms with Crippen molar-refractivity contribution < 1.29 is 9.47 Å². The van der Waals surface area contributed by atoms with Gasteiger partial charge >= 0.3 is 5.69 Å². The van der Waals surface area contributed by atoms with Crippen molar-refractivity contribution in [2.75, 3.05) is 14.2 Å². The van der Waals surface area contributed by atoms with Gasteiger partial charge in [-0.1, -0.05) is 0 Å². The van der Waals surface area contributed by atoms with E-state index < -0.39 is 11.2 Å². The van der Waals surface area contributed by atoms with Crippen LogP contribution in [-0.4, -0.2) is 29.0 Å². The van der Waals surface area contributed by atoms with Gasteiger partial charge in [0.05, 0.1) is 19.9 Å². The van der Waals surface area contributed by atoms with Crippen LogP contribution < -0.4 is 20.7 Å². The van der Waals surface area contributed by atoms with Gasteiger partial charge in [0, 0.05) is 6.07 Å². The Labute approximate surface area is 102 Å². The van der Waals surface area contributed by atoms with E-state index in [1.54, 1.807) is 18.2 Å². The number of rotatable bonds is 3. The second kappa shape index (κ2) is 4.74. The average molecular weight is 249 g/mol. The Balaban J connectivity index is 2.58. The van der Waals surface area contributed by atoms with Gasteiger partial charge in [-0.15, -0.1) is 0 Å². The molecular weight excluding hydrogens is 238 g/mol. The highest BCUT2D eigenvalue weighted by atomic mass is 16.5. The molecule has 0 atom stereocenters. The molecule has 0 aliphatic carbocycles. The Morgan fingerprint density at radius 1 is 1.17 bits per heavy atom. The molecule has 18 heavy (non-hydrogen) atoms. The van der Waals surface area contributed by atoms with Crippen LogP contribution in [0.2, 0.25) is 0 Å². The maximum Gasteiger partial charge on any atom is 0.349 e. The number of aromatic amines is 1. The summed E-state index contributed by atoms with van der Waals surface area (Å²) >= 11 is 0. The quantitative estimate of drug-likeness (QED) is 0.823. The van der Waals surface area contributed by atoms with Crippen LogP contribution in [0, 0.1) is 0 Å². The molecule has 0 radical (unpaired) electrons. The number of methoxy groups -OCH3 is 2. The van der Waals surface area contributed by atoms with E-state index in [1.807, 2.05) is 0 Å². The molecule has 94 valence electrons. The topological polar surface area (TPSA) is 86.2 Å². The van der Waals surface area contributed by atoms with E-state index in [2.05, 4.69) is 10.1 Å². The van der Waals surface area contributed by atoms with Crippen molar-refractivity contribution in [1.29, 1.82) is 0 Å². The summed E-state index contributed by atoms with van der Waals surface area (Å²) in [5.41, 5.74) is -0.694. The summed E-state index contributed by atoms with van der Waals surface area (Å²) in [6.07, 6.45) is 1.03. The van der Waals surface area contributed by atoms with Crippen LogP contribution in [-0.2, 0) is 0 Å². The molecule has 1 aromatic carbocycles. The summed E-state index contributed by atoms with van der Waals surface area (Å²) in [4.78, 5) is 24.6. The highest BCUT2D eigenvalue weighted by molar-refractivity contribution is 5.48. The minimum Gasteiger partial charge on any atom is -0.493 e. The lowest BCUT2D eigenvalue weighted by Crippen LogP contribution is -2.30. The summed E-state index contributed by atoms with van der Waals surface area (Å²) in [5, 5.41) is 3.74. The van der Waals surface area contributed by atoms with Crippen LogP contribution >= 0.6 is 0 Å². The smallest absolute Gasteiger partial charge is 0.349 e. The van der Waals surface area contributed by atoms with E-state index in [1.165, 1.54) is 14.2 Å². The lowest BCUT2D eigenvalue weighted by Gasteiger charge is -2.09. The standard InChI is InChI=1S/C11H11N3O4/c1-17-8-4-3-7(5-9(8)18-2)14-11(16)13-10(15)6-12-14/h3-6H,1-2H3,(H,13,15,16). The van der Waals surface area contributed by atoms with Crippen LogP contribution in [0.4, 0.5) is 0 Å².